The Balaban J connectivity index is 2.28. The summed E-state index contributed by atoms with van der Waals surface area (Å²) in [5.74, 6) is -0.306. The third kappa shape index (κ3) is 3.81. The SMILES string of the molecule is C[C@@H](N)C(=O)N1CCC(CCC(=O)O)CC1. The molecular weight excluding hydrogens is 208 g/mol. The van der Waals surface area contributed by atoms with E-state index in [0.29, 0.717) is 19.0 Å². The molecule has 0 saturated carbocycles. The van der Waals surface area contributed by atoms with E-state index in [1.807, 2.05) is 0 Å². The number of rotatable bonds is 4. The Kier molecular flexibility index (Phi) is 4.73. The molecule has 5 nitrogen and oxygen atoms in total. The second-order valence-electron chi connectivity index (χ2n) is 4.49. The van der Waals surface area contributed by atoms with Crippen molar-refractivity contribution in [1.82, 2.24) is 4.90 Å². The fourth-order valence-corrected chi connectivity index (χ4v) is 2.06. The van der Waals surface area contributed by atoms with E-state index in [9.17, 15) is 9.59 Å². The van der Waals surface area contributed by atoms with Crippen LogP contribution in [-0.4, -0.2) is 41.0 Å². The molecule has 1 aliphatic heterocycles. The first-order chi connectivity index (χ1) is 7.50. The van der Waals surface area contributed by atoms with Crippen LogP contribution in [0.5, 0.6) is 0 Å². The normalized spacial score (nSPS) is 19.5. The quantitative estimate of drug-likeness (QED) is 0.731. The van der Waals surface area contributed by atoms with E-state index in [0.717, 1.165) is 19.3 Å². The van der Waals surface area contributed by atoms with Gasteiger partial charge in [-0.2, -0.15) is 0 Å². The van der Waals surface area contributed by atoms with E-state index in [-0.39, 0.29) is 12.3 Å². The molecule has 1 atom stereocenters. The average molecular weight is 228 g/mol. The number of nitrogens with zero attached hydrogens (tertiary/aromatic N) is 1. The maximum absolute atomic E-state index is 11.6. The highest BCUT2D eigenvalue weighted by Crippen LogP contribution is 2.22. The molecule has 0 aromatic heterocycles. The van der Waals surface area contributed by atoms with Gasteiger partial charge in [-0.25, -0.2) is 0 Å². The summed E-state index contributed by atoms with van der Waals surface area (Å²) in [4.78, 5) is 23.8. The second kappa shape index (κ2) is 5.84. The highest BCUT2D eigenvalue weighted by atomic mass is 16.4. The van der Waals surface area contributed by atoms with Crippen molar-refractivity contribution in [2.75, 3.05) is 13.1 Å². The van der Waals surface area contributed by atoms with Crippen molar-refractivity contribution < 1.29 is 14.7 Å². The van der Waals surface area contributed by atoms with Crippen molar-refractivity contribution in [2.45, 2.75) is 38.6 Å². The van der Waals surface area contributed by atoms with Crippen molar-refractivity contribution >= 4 is 11.9 Å². The van der Waals surface area contributed by atoms with Crippen LogP contribution in [0.3, 0.4) is 0 Å². The van der Waals surface area contributed by atoms with Gasteiger partial charge in [0.05, 0.1) is 6.04 Å². The molecule has 0 spiro atoms. The maximum atomic E-state index is 11.6. The molecule has 1 aliphatic rings. The van der Waals surface area contributed by atoms with Crippen molar-refractivity contribution in [1.29, 1.82) is 0 Å². The third-order valence-electron chi connectivity index (χ3n) is 3.08. The van der Waals surface area contributed by atoms with Gasteiger partial charge < -0.3 is 15.7 Å². The lowest BCUT2D eigenvalue weighted by molar-refractivity contribution is -0.138. The smallest absolute Gasteiger partial charge is 0.303 e. The summed E-state index contributed by atoms with van der Waals surface area (Å²) in [6.45, 7) is 3.12. The molecule has 1 amide bonds. The van der Waals surface area contributed by atoms with E-state index < -0.39 is 12.0 Å². The van der Waals surface area contributed by atoms with E-state index in [4.69, 9.17) is 10.8 Å². The Morgan fingerprint density at radius 3 is 2.44 bits per heavy atom. The van der Waals surface area contributed by atoms with Crippen LogP contribution in [-0.2, 0) is 9.59 Å². The van der Waals surface area contributed by atoms with Crippen LogP contribution in [0.2, 0.25) is 0 Å². The predicted octanol–water partition coefficient (Wildman–Crippen LogP) is 0.437. The summed E-state index contributed by atoms with van der Waals surface area (Å²) in [6.07, 6.45) is 2.74. The van der Waals surface area contributed by atoms with Gasteiger partial charge in [0.1, 0.15) is 0 Å². The molecule has 92 valence electrons. The van der Waals surface area contributed by atoms with Gasteiger partial charge in [0.25, 0.3) is 0 Å². The highest BCUT2D eigenvalue weighted by Gasteiger charge is 2.24. The van der Waals surface area contributed by atoms with Crippen molar-refractivity contribution in [3.05, 3.63) is 0 Å². The van der Waals surface area contributed by atoms with Crippen LogP contribution in [0.15, 0.2) is 0 Å². The molecule has 1 fully saturated rings. The molecule has 0 unspecified atom stereocenters. The predicted molar refractivity (Wildman–Crippen MR) is 59.8 cm³/mol. The van der Waals surface area contributed by atoms with Gasteiger partial charge in [-0.1, -0.05) is 0 Å². The average Bonchev–Trinajstić information content (AvgIpc) is 2.26. The Morgan fingerprint density at radius 2 is 2.00 bits per heavy atom. The topological polar surface area (TPSA) is 83.6 Å². The summed E-state index contributed by atoms with van der Waals surface area (Å²) in [7, 11) is 0. The second-order valence-corrected chi connectivity index (χ2v) is 4.49. The number of piperidine rings is 1. The maximum Gasteiger partial charge on any atom is 0.303 e. The molecule has 0 aliphatic carbocycles. The van der Waals surface area contributed by atoms with Crippen LogP contribution in [0, 0.1) is 5.92 Å². The zero-order valence-electron chi connectivity index (χ0n) is 9.69. The molecule has 0 bridgehead atoms. The Morgan fingerprint density at radius 1 is 1.44 bits per heavy atom. The van der Waals surface area contributed by atoms with Gasteiger partial charge in [-0.05, 0) is 32.1 Å². The summed E-state index contributed by atoms with van der Waals surface area (Å²) in [6, 6.07) is -0.435. The van der Waals surface area contributed by atoms with Gasteiger partial charge >= 0.3 is 5.97 Å². The fraction of sp³-hybridized carbons (Fsp3) is 0.818. The van der Waals surface area contributed by atoms with Crippen LogP contribution in [0.25, 0.3) is 0 Å². The summed E-state index contributed by atoms with van der Waals surface area (Å²) in [5, 5.41) is 8.58. The zero-order chi connectivity index (χ0) is 12.1. The van der Waals surface area contributed by atoms with E-state index in [1.165, 1.54) is 0 Å². The molecule has 5 heteroatoms. The zero-order valence-corrected chi connectivity index (χ0v) is 9.69. The Bertz CT molecular complexity index is 258. The van der Waals surface area contributed by atoms with Gasteiger partial charge in [0, 0.05) is 19.5 Å². The minimum atomic E-state index is -0.742. The minimum absolute atomic E-state index is 0.00307. The lowest BCUT2D eigenvalue weighted by atomic mass is 9.92. The minimum Gasteiger partial charge on any atom is -0.481 e. The molecule has 1 heterocycles. The lowest BCUT2D eigenvalue weighted by Gasteiger charge is -2.32. The molecule has 0 radical (unpaired) electrons. The first-order valence-corrected chi connectivity index (χ1v) is 5.77. The highest BCUT2D eigenvalue weighted by molar-refractivity contribution is 5.81. The molecule has 3 N–H and O–H groups in total. The van der Waals surface area contributed by atoms with Crippen molar-refractivity contribution in [3.8, 4) is 0 Å². The Labute approximate surface area is 95.6 Å². The van der Waals surface area contributed by atoms with E-state index >= 15 is 0 Å². The monoisotopic (exact) mass is 228 g/mol. The lowest BCUT2D eigenvalue weighted by Crippen LogP contribution is -2.45. The van der Waals surface area contributed by atoms with Crippen LogP contribution in [0.1, 0.15) is 32.6 Å². The third-order valence-corrected chi connectivity index (χ3v) is 3.08. The fourth-order valence-electron chi connectivity index (χ4n) is 2.06. The molecular formula is C11H20N2O3. The summed E-state index contributed by atoms with van der Waals surface area (Å²) >= 11 is 0. The van der Waals surface area contributed by atoms with Gasteiger partial charge in [0.15, 0.2) is 0 Å². The standard InChI is InChI=1S/C11H20N2O3/c1-8(12)11(16)13-6-4-9(5-7-13)2-3-10(14)15/h8-9H,2-7,12H2,1H3,(H,14,15)/t8-/m1/s1. The number of aliphatic carboxylic acids is 1. The van der Waals surface area contributed by atoms with Crippen LogP contribution < -0.4 is 5.73 Å². The van der Waals surface area contributed by atoms with Crippen LogP contribution in [0.4, 0.5) is 0 Å². The summed E-state index contributed by atoms with van der Waals surface area (Å²) in [5.41, 5.74) is 5.53. The first kappa shape index (κ1) is 13.0. The number of hydrogen-bond acceptors (Lipinski definition) is 3. The molecule has 0 aromatic carbocycles. The van der Waals surface area contributed by atoms with Gasteiger partial charge in [-0.15, -0.1) is 0 Å². The number of carbonyl (C=O) groups is 2. The largest absolute Gasteiger partial charge is 0.481 e. The van der Waals surface area contributed by atoms with Gasteiger partial charge in [-0.3, -0.25) is 9.59 Å². The van der Waals surface area contributed by atoms with Crippen molar-refractivity contribution in [2.24, 2.45) is 11.7 Å². The number of amides is 1. The number of nitrogens with two attached hydrogens (primary N) is 1. The van der Waals surface area contributed by atoms with Crippen molar-refractivity contribution in [3.63, 3.8) is 0 Å². The molecule has 16 heavy (non-hydrogen) atoms. The number of carbonyl (C=O) groups excluding carboxylic acids is 1. The number of carboxylic acids is 1. The number of hydrogen-bond donors (Lipinski definition) is 2. The molecule has 0 aromatic rings. The van der Waals surface area contributed by atoms with E-state index in [2.05, 4.69) is 0 Å². The molecule has 1 rings (SSSR count). The summed E-state index contributed by atoms with van der Waals surface area (Å²) < 4.78 is 0. The number of likely N-dealkylation sites (tertiary alicyclic amines) is 1. The first-order valence-electron chi connectivity index (χ1n) is 5.77. The van der Waals surface area contributed by atoms with Crippen LogP contribution >= 0.6 is 0 Å². The Hall–Kier alpha value is -1.10. The van der Waals surface area contributed by atoms with E-state index in [1.54, 1.807) is 11.8 Å². The molecule has 1 saturated heterocycles. The number of carboxylic acid groups (broad SMARTS) is 1. The van der Waals surface area contributed by atoms with Gasteiger partial charge in [0.2, 0.25) is 5.91 Å².